The molecule has 0 N–H and O–H groups in total. The van der Waals surface area contributed by atoms with Gasteiger partial charge in [-0.3, -0.25) is 0 Å². The second-order valence-corrected chi connectivity index (χ2v) is 8.01. The summed E-state index contributed by atoms with van der Waals surface area (Å²) in [6, 6.07) is 9.13. The van der Waals surface area contributed by atoms with E-state index in [2.05, 4.69) is 56.9 Å². The van der Waals surface area contributed by atoms with Crippen LogP contribution in [0.1, 0.15) is 42.1 Å². The molecule has 2 aliphatic rings. The molecule has 0 bridgehead atoms. The molecule has 1 fully saturated rings. The molecule has 3 heterocycles. The van der Waals surface area contributed by atoms with E-state index < -0.39 is 0 Å². The first-order valence-corrected chi connectivity index (χ1v) is 9.93. The predicted octanol–water partition coefficient (Wildman–Crippen LogP) is 3.90. The molecule has 0 amide bonds. The van der Waals surface area contributed by atoms with Crippen molar-refractivity contribution in [2.45, 2.75) is 51.3 Å². The third kappa shape index (κ3) is 3.00. The van der Waals surface area contributed by atoms with Crippen molar-refractivity contribution in [2.24, 2.45) is 0 Å². The fourth-order valence-electron chi connectivity index (χ4n) is 4.64. The first-order chi connectivity index (χ1) is 13.2. The lowest BCUT2D eigenvalue weighted by Crippen LogP contribution is -2.27. The van der Waals surface area contributed by atoms with E-state index in [0.717, 1.165) is 61.2 Å². The largest absolute Gasteiger partial charge is 0.490 e. The first-order valence-electron chi connectivity index (χ1n) is 9.93. The zero-order valence-corrected chi connectivity index (χ0v) is 16.1. The lowest BCUT2D eigenvalue weighted by Gasteiger charge is -2.27. The Balaban J connectivity index is 1.35. The number of benzene rings is 1. The highest BCUT2D eigenvalue weighted by Crippen LogP contribution is 2.37. The van der Waals surface area contributed by atoms with Crippen molar-refractivity contribution in [2.75, 3.05) is 13.6 Å². The molecule has 2 atom stereocenters. The number of fused-ring (bicyclic) bond motifs is 2. The topological polar surface area (TPSA) is 43.2 Å². The SMILES string of the molecule is Cc1ncnc2c1ccn2C1CCC(Oc2cccc3c2CN(C)CC3)C1. The van der Waals surface area contributed by atoms with Crippen LogP contribution in [0.4, 0.5) is 0 Å². The van der Waals surface area contributed by atoms with Crippen LogP contribution < -0.4 is 4.74 Å². The molecule has 1 aromatic carbocycles. The summed E-state index contributed by atoms with van der Waals surface area (Å²) in [7, 11) is 2.19. The molecule has 27 heavy (non-hydrogen) atoms. The highest BCUT2D eigenvalue weighted by Gasteiger charge is 2.29. The number of aryl methyl sites for hydroxylation is 1. The number of aromatic nitrogens is 3. The molecule has 1 saturated carbocycles. The average molecular weight is 362 g/mol. The van der Waals surface area contributed by atoms with Gasteiger partial charge in [0, 0.05) is 42.7 Å². The van der Waals surface area contributed by atoms with Gasteiger partial charge >= 0.3 is 0 Å². The van der Waals surface area contributed by atoms with E-state index in [1.807, 2.05) is 6.92 Å². The molecule has 1 aliphatic carbocycles. The Hall–Kier alpha value is -2.40. The molecular weight excluding hydrogens is 336 g/mol. The van der Waals surface area contributed by atoms with Gasteiger partial charge < -0.3 is 14.2 Å². The summed E-state index contributed by atoms with van der Waals surface area (Å²) in [6.07, 6.45) is 8.48. The van der Waals surface area contributed by atoms with Crippen LogP contribution in [0, 0.1) is 6.92 Å². The summed E-state index contributed by atoms with van der Waals surface area (Å²) in [5.74, 6) is 1.08. The number of nitrogens with zero attached hydrogens (tertiary/aromatic N) is 4. The summed E-state index contributed by atoms with van der Waals surface area (Å²) < 4.78 is 8.83. The van der Waals surface area contributed by atoms with E-state index in [-0.39, 0.29) is 6.10 Å². The van der Waals surface area contributed by atoms with Gasteiger partial charge in [-0.15, -0.1) is 0 Å². The van der Waals surface area contributed by atoms with Crippen LogP contribution in [-0.2, 0) is 13.0 Å². The molecule has 1 aliphatic heterocycles. The zero-order chi connectivity index (χ0) is 18.4. The van der Waals surface area contributed by atoms with Gasteiger partial charge in [0.15, 0.2) is 0 Å². The number of ether oxygens (including phenoxy) is 1. The van der Waals surface area contributed by atoms with Gasteiger partial charge in [-0.25, -0.2) is 9.97 Å². The lowest BCUT2D eigenvalue weighted by molar-refractivity contribution is 0.197. The maximum Gasteiger partial charge on any atom is 0.143 e. The van der Waals surface area contributed by atoms with Crippen LogP contribution in [-0.4, -0.2) is 39.1 Å². The Kier molecular flexibility index (Phi) is 4.12. The molecule has 5 nitrogen and oxygen atoms in total. The quantitative estimate of drug-likeness (QED) is 0.709. The predicted molar refractivity (Wildman–Crippen MR) is 106 cm³/mol. The minimum Gasteiger partial charge on any atom is -0.490 e. The third-order valence-corrected chi connectivity index (χ3v) is 6.17. The standard InChI is InChI=1S/C22H26N4O/c1-15-19-9-11-26(22(19)24-14-23-15)17-6-7-18(12-17)27-21-5-3-4-16-8-10-25(2)13-20(16)21/h3-5,9,11,14,17-18H,6-8,10,12-13H2,1-2H3. The van der Waals surface area contributed by atoms with E-state index in [1.54, 1.807) is 6.33 Å². The molecule has 0 saturated heterocycles. The maximum absolute atomic E-state index is 6.51. The van der Waals surface area contributed by atoms with Gasteiger partial charge in [0.05, 0.1) is 5.69 Å². The maximum atomic E-state index is 6.51. The summed E-state index contributed by atoms with van der Waals surface area (Å²) in [4.78, 5) is 11.2. The van der Waals surface area contributed by atoms with Crippen LogP contribution in [0.25, 0.3) is 11.0 Å². The minimum atomic E-state index is 0.272. The average Bonchev–Trinajstić information content (AvgIpc) is 3.30. The monoisotopic (exact) mass is 362 g/mol. The Morgan fingerprint density at radius 1 is 1.15 bits per heavy atom. The highest BCUT2D eigenvalue weighted by atomic mass is 16.5. The van der Waals surface area contributed by atoms with Crippen molar-refractivity contribution < 1.29 is 4.74 Å². The van der Waals surface area contributed by atoms with Gasteiger partial charge in [0.1, 0.15) is 23.8 Å². The summed E-state index contributed by atoms with van der Waals surface area (Å²) in [5, 5.41) is 1.15. The van der Waals surface area contributed by atoms with Crippen molar-refractivity contribution in [3.63, 3.8) is 0 Å². The second kappa shape index (κ2) is 6.64. The Labute approximate surface area is 160 Å². The van der Waals surface area contributed by atoms with E-state index in [1.165, 1.54) is 11.1 Å². The van der Waals surface area contributed by atoms with E-state index in [0.29, 0.717) is 6.04 Å². The van der Waals surface area contributed by atoms with Crippen LogP contribution in [0.5, 0.6) is 5.75 Å². The molecule has 2 unspecified atom stereocenters. The Bertz CT molecular complexity index is 980. The normalized spacial score (nSPS) is 22.9. The van der Waals surface area contributed by atoms with Crippen molar-refractivity contribution in [1.82, 2.24) is 19.4 Å². The fourth-order valence-corrected chi connectivity index (χ4v) is 4.64. The van der Waals surface area contributed by atoms with E-state index in [4.69, 9.17) is 4.74 Å². The van der Waals surface area contributed by atoms with Gasteiger partial charge in [-0.1, -0.05) is 12.1 Å². The fraction of sp³-hybridized carbons (Fsp3) is 0.455. The van der Waals surface area contributed by atoms with Gasteiger partial charge in [0.2, 0.25) is 0 Å². The molecule has 140 valence electrons. The molecular formula is C22H26N4O. The highest BCUT2D eigenvalue weighted by molar-refractivity contribution is 5.78. The van der Waals surface area contributed by atoms with Crippen molar-refractivity contribution in [3.05, 3.63) is 53.6 Å². The molecule has 5 heteroatoms. The summed E-state index contributed by atoms with van der Waals surface area (Å²) >= 11 is 0. The van der Waals surface area contributed by atoms with Crippen molar-refractivity contribution in [3.8, 4) is 5.75 Å². The van der Waals surface area contributed by atoms with Crippen LogP contribution in [0.2, 0.25) is 0 Å². The van der Waals surface area contributed by atoms with Gasteiger partial charge in [-0.05, 0) is 50.9 Å². The third-order valence-electron chi connectivity index (χ3n) is 6.17. The molecule has 3 aromatic rings. The Morgan fingerprint density at radius 3 is 3.00 bits per heavy atom. The molecule has 2 aromatic heterocycles. The molecule has 5 rings (SSSR count). The van der Waals surface area contributed by atoms with Crippen LogP contribution >= 0.6 is 0 Å². The van der Waals surface area contributed by atoms with Crippen LogP contribution in [0.15, 0.2) is 36.8 Å². The number of hydrogen-bond donors (Lipinski definition) is 0. The minimum absolute atomic E-state index is 0.272. The van der Waals surface area contributed by atoms with Gasteiger partial charge in [-0.2, -0.15) is 0 Å². The Morgan fingerprint density at radius 2 is 2.07 bits per heavy atom. The number of rotatable bonds is 3. The van der Waals surface area contributed by atoms with Crippen molar-refractivity contribution >= 4 is 11.0 Å². The van der Waals surface area contributed by atoms with Gasteiger partial charge in [0.25, 0.3) is 0 Å². The lowest BCUT2D eigenvalue weighted by atomic mass is 9.99. The van der Waals surface area contributed by atoms with Crippen LogP contribution in [0.3, 0.4) is 0 Å². The second-order valence-electron chi connectivity index (χ2n) is 8.01. The first kappa shape index (κ1) is 16.8. The molecule has 0 radical (unpaired) electrons. The summed E-state index contributed by atoms with van der Waals surface area (Å²) in [5.41, 5.74) is 4.92. The van der Waals surface area contributed by atoms with E-state index >= 15 is 0 Å². The smallest absolute Gasteiger partial charge is 0.143 e. The zero-order valence-electron chi connectivity index (χ0n) is 16.1. The van der Waals surface area contributed by atoms with E-state index in [9.17, 15) is 0 Å². The molecule has 0 spiro atoms. The number of likely N-dealkylation sites (N-methyl/N-ethyl adjacent to an activating group) is 1. The summed E-state index contributed by atoms with van der Waals surface area (Å²) in [6.45, 7) is 4.16. The van der Waals surface area contributed by atoms with Crippen molar-refractivity contribution in [1.29, 1.82) is 0 Å². The number of hydrogen-bond acceptors (Lipinski definition) is 4.